The van der Waals surface area contributed by atoms with Crippen LogP contribution in [0.1, 0.15) is 11.4 Å². The van der Waals surface area contributed by atoms with Crippen LogP contribution < -0.4 is 0 Å². The van der Waals surface area contributed by atoms with E-state index in [1.165, 1.54) is 0 Å². The Morgan fingerprint density at radius 2 is 2.09 bits per heavy atom. The quantitative estimate of drug-likeness (QED) is 0.696. The fraction of sp³-hybridized carbons (Fsp3) is 0.167. The number of carbonyl (C=O) groups excluding carboxylic acids is 1. The molecule has 0 fully saturated rings. The van der Waals surface area contributed by atoms with Crippen molar-refractivity contribution in [3.63, 3.8) is 0 Å². The van der Waals surface area contributed by atoms with E-state index >= 15 is 0 Å². The lowest BCUT2D eigenvalue weighted by atomic mass is 10.2. The van der Waals surface area contributed by atoms with E-state index < -0.39 is 0 Å². The summed E-state index contributed by atoms with van der Waals surface area (Å²) in [5.74, 6) is 0.790. The first-order valence-corrected chi connectivity index (χ1v) is 7.38. The normalized spacial score (nSPS) is 11.2. The van der Waals surface area contributed by atoms with Gasteiger partial charge in [-0.05, 0) is 29.8 Å². The predicted molar refractivity (Wildman–Crippen MR) is 90.5 cm³/mol. The van der Waals surface area contributed by atoms with Crippen molar-refractivity contribution < 1.29 is 4.79 Å². The molecule has 0 spiro atoms. The number of aromatic nitrogens is 3. The van der Waals surface area contributed by atoms with Crippen LogP contribution in [0.3, 0.4) is 0 Å². The monoisotopic (exact) mass is 306 g/mol. The number of benzene rings is 1. The molecule has 3 aromatic rings. The van der Waals surface area contributed by atoms with E-state index in [9.17, 15) is 4.79 Å². The van der Waals surface area contributed by atoms with Crippen LogP contribution >= 0.6 is 0 Å². The molecule has 2 heterocycles. The van der Waals surface area contributed by atoms with Crippen molar-refractivity contribution in [3.8, 4) is 0 Å². The van der Waals surface area contributed by atoms with Crippen LogP contribution in [-0.2, 0) is 18.4 Å². The molecular weight excluding hydrogens is 288 g/mol. The summed E-state index contributed by atoms with van der Waals surface area (Å²) in [7, 11) is 3.74. The number of hydrogen-bond acceptors (Lipinski definition) is 3. The first-order chi connectivity index (χ1) is 11.1. The number of rotatable bonds is 4. The van der Waals surface area contributed by atoms with E-state index in [0.29, 0.717) is 6.54 Å². The van der Waals surface area contributed by atoms with Crippen LogP contribution in [0, 0.1) is 0 Å². The van der Waals surface area contributed by atoms with Gasteiger partial charge in [-0.3, -0.25) is 9.78 Å². The van der Waals surface area contributed by atoms with E-state index in [1.54, 1.807) is 36.5 Å². The van der Waals surface area contributed by atoms with E-state index in [4.69, 9.17) is 0 Å². The summed E-state index contributed by atoms with van der Waals surface area (Å²) >= 11 is 0. The molecule has 0 unspecified atom stereocenters. The molecule has 0 bridgehead atoms. The maximum atomic E-state index is 12.2. The molecule has 0 atom stereocenters. The topological polar surface area (TPSA) is 51.0 Å². The fourth-order valence-electron chi connectivity index (χ4n) is 2.40. The second-order valence-corrected chi connectivity index (χ2v) is 5.39. The fourth-order valence-corrected chi connectivity index (χ4v) is 2.40. The molecule has 5 heteroatoms. The zero-order valence-corrected chi connectivity index (χ0v) is 13.2. The average molecular weight is 306 g/mol. The van der Waals surface area contributed by atoms with Gasteiger partial charge in [-0.2, -0.15) is 0 Å². The second kappa shape index (κ2) is 6.44. The standard InChI is InChI=1S/C18H18N4O/c1-21(18(23)10-9-14-6-5-11-19-12-14)13-17-20-15-7-3-4-8-16(15)22(17)2/h3-12H,13H2,1-2H3/b10-9+. The summed E-state index contributed by atoms with van der Waals surface area (Å²) in [6.45, 7) is 0.460. The SMILES string of the molecule is CN(Cc1nc2ccccc2n1C)C(=O)/C=C/c1cccnc1. The van der Waals surface area contributed by atoms with E-state index in [1.807, 2.05) is 48.0 Å². The van der Waals surface area contributed by atoms with Gasteiger partial charge in [0.2, 0.25) is 5.91 Å². The second-order valence-electron chi connectivity index (χ2n) is 5.39. The minimum atomic E-state index is -0.0686. The Hall–Kier alpha value is -2.95. The third-order valence-electron chi connectivity index (χ3n) is 3.74. The van der Waals surface area contributed by atoms with Crippen molar-refractivity contribution in [1.82, 2.24) is 19.4 Å². The van der Waals surface area contributed by atoms with Gasteiger partial charge >= 0.3 is 0 Å². The van der Waals surface area contributed by atoms with E-state index in [2.05, 4.69) is 9.97 Å². The van der Waals surface area contributed by atoms with Gasteiger partial charge in [0.05, 0.1) is 17.6 Å². The molecule has 5 nitrogen and oxygen atoms in total. The van der Waals surface area contributed by atoms with Crippen molar-refractivity contribution in [2.75, 3.05) is 7.05 Å². The van der Waals surface area contributed by atoms with Crippen molar-refractivity contribution >= 4 is 23.0 Å². The molecule has 1 amide bonds. The molecule has 0 radical (unpaired) electrons. The minimum absolute atomic E-state index is 0.0686. The Morgan fingerprint density at radius 3 is 2.83 bits per heavy atom. The summed E-state index contributed by atoms with van der Waals surface area (Å²) in [6.07, 6.45) is 6.74. The molecule has 3 rings (SSSR count). The van der Waals surface area contributed by atoms with Crippen molar-refractivity contribution in [2.45, 2.75) is 6.54 Å². The first-order valence-electron chi connectivity index (χ1n) is 7.38. The molecule has 2 aromatic heterocycles. The van der Waals surface area contributed by atoms with Crippen molar-refractivity contribution in [2.24, 2.45) is 7.05 Å². The summed E-state index contributed by atoms with van der Waals surface area (Å²) in [4.78, 5) is 22.5. The van der Waals surface area contributed by atoms with Gasteiger partial charge in [0.15, 0.2) is 0 Å². The number of aryl methyl sites for hydroxylation is 1. The van der Waals surface area contributed by atoms with Crippen molar-refractivity contribution in [1.29, 1.82) is 0 Å². The Morgan fingerprint density at radius 1 is 1.26 bits per heavy atom. The molecule has 0 aliphatic heterocycles. The average Bonchev–Trinajstić information content (AvgIpc) is 2.90. The van der Waals surface area contributed by atoms with Crippen LogP contribution in [-0.4, -0.2) is 32.4 Å². The van der Waals surface area contributed by atoms with Gasteiger partial charge in [-0.15, -0.1) is 0 Å². The van der Waals surface area contributed by atoms with Crippen LogP contribution in [0.2, 0.25) is 0 Å². The highest BCUT2D eigenvalue weighted by Crippen LogP contribution is 2.15. The number of fused-ring (bicyclic) bond motifs is 1. The summed E-state index contributed by atoms with van der Waals surface area (Å²) in [5, 5.41) is 0. The third-order valence-corrected chi connectivity index (χ3v) is 3.74. The summed E-state index contributed by atoms with van der Waals surface area (Å²) < 4.78 is 2.02. The highest BCUT2D eigenvalue weighted by Gasteiger charge is 2.12. The zero-order chi connectivity index (χ0) is 16.2. The lowest BCUT2D eigenvalue weighted by molar-refractivity contribution is -0.125. The molecule has 1 aromatic carbocycles. The maximum absolute atomic E-state index is 12.2. The third kappa shape index (κ3) is 3.29. The zero-order valence-electron chi connectivity index (χ0n) is 13.2. The largest absolute Gasteiger partial charge is 0.335 e. The van der Waals surface area contributed by atoms with E-state index in [-0.39, 0.29) is 5.91 Å². The van der Waals surface area contributed by atoms with Crippen LogP contribution in [0.4, 0.5) is 0 Å². The Kier molecular flexibility index (Phi) is 4.19. The number of pyridine rings is 1. The molecule has 116 valence electrons. The smallest absolute Gasteiger partial charge is 0.246 e. The molecule has 0 N–H and O–H groups in total. The van der Waals surface area contributed by atoms with Gasteiger partial charge < -0.3 is 9.47 Å². The number of amides is 1. The van der Waals surface area contributed by atoms with Gasteiger partial charge in [0.1, 0.15) is 5.82 Å². The van der Waals surface area contributed by atoms with E-state index in [0.717, 1.165) is 22.4 Å². The Labute approximate surface area is 134 Å². The number of hydrogen-bond donors (Lipinski definition) is 0. The number of likely N-dealkylation sites (N-methyl/N-ethyl adjacent to an activating group) is 1. The molecule has 23 heavy (non-hydrogen) atoms. The Bertz CT molecular complexity index is 852. The minimum Gasteiger partial charge on any atom is -0.335 e. The van der Waals surface area contributed by atoms with Crippen LogP contribution in [0.5, 0.6) is 0 Å². The number of imidazole rings is 1. The van der Waals surface area contributed by atoms with Gasteiger partial charge in [-0.25, -0.2) is 4.98 Å². The molecule has 0 saturated heterocycles. The molecule has 0 aliphatic rings. The summed E-state index contributed by atoms with van der Waals surface area (Å²) in [6, 6.07) is 11.7. The highest BCUT2D eigenvalue weighted by molar-refractivity contribution is 5.91. The van der Waals surface area contributed by atoms with Crippen LogP contribution in [0.15, 0.2) is 54.9 Å². The number of nitrogens with zero attached hydrogens (tertiary/aromatic N) is 4. The Balaban J connectivity index is 1.72. The highest BCUT2D eigenvalue weighted by atomic mass is 16.2. The van der Waals surface area contributed by atoms with Crippen LogP contribution in [0.25, 0.3) is 17.1 Å². The number of para-hydroxylation sites is 2. The van der Waals surface area contributed by atoms with Gasteiger partial charge in [-0.1, -0.05) is 18.2 Å². The molecule has 0 aliphatic carbocycles. The lowest BCUT2D eigenvalue weighted by Crippen LogP contribution is -2.25. The van der Waals surface area contributed by atoms with Gasteiger partial charge in [0.25, 0.3) is 0 Å². The molecule has 0 saturated carbocycles. The maximum Gasteiger partial charge on any atom is 0.246 e. The van der Waals surface area contributed by atoms with Gasteiger partial charge in [0, 0.05) is 32.6 Å². The van der Waals surface area contributed by atoms with Crippen molar-refractivity contribution in [3.05, 3.63) is 66.3 Å². The summed E-state index contributed by atoms with van der Waals surface area (Å²) in [5.41, 5.74) is 2.91. The number of carbonyl (C=O) groups is 1. The predicted octanol–water partition coefficient (Wildman–Crippen LogP) is 2.64. The molecular formula is C18H18N4O. The lowest BCUT2D eigenvalue weighted by Gasteiger charge is -2.14. The first kappa shape index (κ1) is 15.0.